The summed E-state index contributed by atoms with van der Waals surface area (Å²) in [5, 5.41) is 7.28. The van der Waals surface area contributed by atoms with Crippen LogP contribution in [0.1, 0.15) is 49.9 Å². The molecule has 3 heterocycles. The van der Waals surface area contributed by atoms with Crippen LogP contribution in [0, 0.1) is 11.8 Å². The van der Waals surface area contributed by atoms with Crippen molar-refractivity contribution >= 4 is 23.4 Å². The molecule has 2 saturated heterocycles. The summed E-state index contributed by atoms with van der Waals surface area (Å²) in [6, 6.07) is 7.25. The first-order valence-corrected chi connectivity index (χ1v) is 12.6. The van der Waals surface area contributed by atoms with E-state index < -0.39 is 0 Å². The van der Waals surface area contributed by atoms with Gasteiger partial charge in [-0.3, -0.25) is 14.4 Å². The molecule has 2 aliphatic heterocycles. The van der Waals surface area contributed by atoms with Gasteiger partial charge in [-0.2, -0.15) is 5.10 Å². The van der Waals surface area contributed by atoms with Crippen LogP contribution in [-0.2, 0) is 14.3 Å². The summed E-state index contributed by atoms with van der Waals surface area (Å²) in [6.07, 6.45) is 6.51. The Morgan fingerprint density at radius 3 is 2.46 bits per heavy atom. The second-order valence-corrected chi connectivity index (χ2v) is 9.20. The fourth-order valence-electron chi connectivity index (χ4n) is 4.83. The summed E-state index contributed by atoms with van der Waals surface area (Å²) in [6.45, 7) is 7.71. The molecule has 1 aromatic carbocycles. The third-order valence-electron chi connectivity index (χ3n) is 6.95. The Balaban J connectivity index is 1.37. The Labute approximate surface area is 206 Å². The molecule has 9 nitrogen and oxygen atoms in total. The zero-order chi connectivity index (χ0) is 24.8. The van der Waals surface area contributed by atoms with Gasteiger partial charge in [-0.05, 0) is 63.8 Å². The van der Waals surface area contributed by atoms with Gasteiger partial charge in [0.15, 0.2) is 0 Å². The first-order chi connectivity index (χ1) is 17.0. The van der Waals surface area contributed by atoms with Crippen molar-refractivity contribution in [1.82, 2.24) is 19.6 Å². The van der Waals surface area contributed by atoms with E-state index in [9.17, 15) is 14.4 Å². The van der Waals surface area contributed by atoms with E-state index in [1.165, 1.54) is 0 Å². The number of anilines is 1. The number of benzene rings is 1. The number of amides is 3. The van der Waals surface area contributed by atoms with Gasteiger partial charge in [-0.1, -0.05) is 0 Å². The molecule has 2 aromatic rings. The topological polar surface area (TPSA) is 96.8 Å². The van der Waals surface area contributed by atoms with Crippen molar-refractivity contribution in [3.63, 3.8) is 0 Å². The van der Waals surface area contributed by atoms with Crippen LogP contribution in [0.2, 0.25) is 0 Å². The van der Waals surface area contributed by atoms with Crippen LogP contribution in [0.4, 0.5) is 5.69 Å². The highest BCUT2D eigenvalue weighted by molar-refractivity contribution is 5.95. The number of hydrogen-bond acceptors (Lipinski definition) is 5. The van der Waals surface area contributed by atoms with E-state index in [-0.39, 0.29) is 29.6 Å². The third kappa shape index (κ3) is 5.90. The van der Waals surface area contributed by atoms with Crippen molar-refractivity contribution in [2.24, 2.45) is 11.8 Å². The number of carbonyl (C=O) groups is 3. The van der Waals surface area contributed by atoms with E-state index in [1.54, 1.807) is 34.1 Å². The molecule has 1 N–H and O–H groups in total. The molecule has 1 unspecified atom stereocenters. The molecular formula is C26H35N5O4. The summed E-state index contributed by atoms with van der Waals surface area (Å²) >= 11 is 0. The summed E-state index contributed by atoms with van der Waals surface area (Å²) < 4.78 is 7.00. The number of rotatable bonds is 7. The van der Waals surface area contributed by atoms with Gasteiger partial charge in [-0.15, -0.1) is 0 Å². The Hall–Kier alpha value is -3.20. The maximum Gasteiger partial charge on any atom is 0.253 e. The standard InChI is InChI=1S/C26H35N5O4/c1-3-29(4-2)26(34)21-6-5-13-30(17-21)25(33)20-7-9-23(10-8-20)31-18-22(16-27-31)28-24(32)19-11-14-35-15-12-19/h7-10,16,18-19,21H,3-6,11-15,17H2,1-2H3,(H,28,32). The second kappa shape index (κ2) is 11.5. The number of aromatic nitrogens is 2. The fourth-order valence-corrected chi connectivity index (χ4v) is 4.83. The Morgan fingerprint density at radius 1 is 1.06 bits per heavy atom. The number of likely N-dealkylation sites (tertiary alicyclic amines) is 1. The molecule has 0 saturated carbocycles. The zero-order valence-corrected chi connectivity index (χ0v) is 20.6. The zero-order valence-electron chi connectivity index (χ0n) is 20.6. The number of carbonyl (C=O) groups excluding carboxylic acids is 3. The predicted molar refractivity (Wildman–Crippen MR) is 132 cm³/mol. The molecular weight excluding hydrogens is 446 g/mol. The monoisotopic (exact) mass is 481 g/mol. The molecule has 0 bridgehead atoms. The Kier molecular flexibility index (Phi) is 8.17. The van der Waals surface area contributed by atoms with E-state index >= 15 is 0 Å². The minimum absolute atomic E-state index is 0.00638. The van der Waals surface area contributed by atoms with Crippen molar-refractivity contribution in [3.05, 3.63) is 42.2 Å². The van der Waals surface area contributed by atoms with E-state index in [4.69, 9.17) is 4.74 Å². The highest BCUT2D eigenvalue weighted by atomic mass is 16.5. The molecule has 2 fully saturated rings. The van der Waals surface area contributed by atoms with Crippen LogP contribution in [0.25, 0.3) is 5.69 Å². The maximum atomic E-state index is 13.1. The lowest BCUT2D eigenvalue weighted by molar-refractivity contribution is -0.136. The fraction of sp³-hybridized carbons (Fsp3) is 0.538. The van der Waals surface area contributed by atoms with Gasteiger partial charge in [0.25, 0.3) is 5.91 Å². The van der Waals surface area contributed by atoms with E-state index in [2.05, 4.69) is 10.4 Å². The Bertz CT molecular complexity index is 1020. The van der Waals surface area contributed by atoms with Gasteiger partial charge in [0.1, 0.15) is 0 Å². The molecule has 2 aliphatic rings. The molecule has 3 amide bonds. The van der Waals surface area contributed by atoms with Crippen LogP contribution in [-0.4, -0.2) is 76.7 Å². The average Bonchev–Trinajstić information content (AvgIpc) is 3.38. The Morgan fingerprint density at radius 2 is 1.77 bits per heavy atom. The van der Waals surface area contributed by atoms with Crippen molar-refractivity contribution < 1.29 is 19.1 Å². The minimum Gasteiger partial charge on any atom is -0.381 e. The average molecular weight is 482 g/mol. The molecule has 0 spiro atoms. The SMILES string of the molecule is CCN(CC)C(=O)C1CCCN(C(=O)c2ccc(-n3cc(NC(=O)C4CCOCC4)cn3)cc2)C1. The molecule has 1 atom stereocenters. The predicted octanol–water partition coefficient (Wildman–Crippen LogP) is 2.96. The van der Waals surface area contributed by atoms with Crippen LogP contribution >= 0.6 is 0 Å². The molecule has 1 aromatic heterocycles. The molecule has 0 aliphatic carbocycles. The second-order valence-electron chi connectivity index (χ2n) is 9.20. The summed E-state index contributed by atoms with van der Waals surface area (Å²) in [7, 11) is 0. The smallest absolute Gasteiger partial charge is 0.253 e. The first-order valence-electron chi connectivity index (χ1n) is 12.6. The highest BCUT2D eigenvalue weighted by Gasteiger charge is 2.31. The number of nitrogens with one attached hydrogen (secondary N) is 1. The third-order valence-corrected chi connectivity index (χ3v) is 6.95. The molecule has 188 valence electrons. The first kappa shape index (κ1) is 24.9. The van der Waals surface area contributed by atoms with Crippen molar-refractivity contribution in [2.75, 3.05) is 44.7 Å². The summed E-state index contributed by atoms with van der Waals surface area (Å²) in [5.41, 5.74) is 2.02. The van der Waals surface area contributed by atoms with Crippen LogP contribution in [0.3, 0.4) is 0 Å². The number of hydrogen-bond donors (Lipinski definition) is 1. The van der Waals surface area contributed by atoms with Crippen LogP contribution in [0.15, 0.2) is 36.7 Å². The van der Waals surface area contributed by atoms with Gasteiger partial charge < -0.3 is 19.9 Å². The highest BCUT2D eigenvalue weighted by Crippen LogP contribution is 2.22. The molecule has 9 heteroatoms. The van der Waals surface area contributed by atoms with Gasteiger partial charge in [0.2, 0.25) is 11.8 Å². The summed E-state index contributed by atoms with van der Waals surface area (Å²) in [4.78, 5) is 42.0. The molecule has 4 rings (SSSR count). The lowest BCUT2D eigenvalue weighted by atomic mass is 9.95. The maximum absolute atomic E-state index is 13.1. The van der Waals surface area contributed by atoms with Gasteiger partial charge in [0.05, 0.1) is 29.7 Å². The van der Waals surface area contributed by atoms with Gasteiger partial charge in [0, 0.05) is 50.9 Å². The van der Waals surface area contributed by atoms with Gasteiger partial charge >= 0.3 is 0 Å². The normalized spacial score (nSPS) is 18.8. The van der Waals surface area contributed by atoms with E-state index in [0.29, 0.717) is 50.6 Å². The quantitative estimate of drug-likeness (QED) is 0.656. The van der Waals surface area contributed by atoms with Crippen molar-refractivity contribution in [3.8, 4) is 5.69 Å². The largest absolute Gasteiger partial charge is 0.381 e. The lowest BCUT2D eigenvalue weighted by Crippen LogP contribution is -2.46. The van der Waals surface area contributed by atoms with Crippen molar-refractivity contribution in [2.45, 2.75) is 39.5 Å². The molecule has 35 heavy (non-hydrogen) atoms. The number of piperidine rings is 1. The molecule has 0 radical (unpaired) electrons. The number of ether oxygens (including phenoxy) is 1. The van der Waals surface area contributed by atoms with Crippen molar-refractivity contribution in [1.29, 1.82) is 0 Å². The van der Waals surface area contributed by atoms with Crippen LogP contribution < -0.4 is 5.32 Å². The van der Waals surface area contributed by atoms with Gasteiger partial charge in [-0.25, -0.2) is 4.68 Å². The van der Waals surface area contributed by atoms with E-state index in [1.807, 2.05) is 30.9 Å². The lowest BCUT2D eigenvalue weighted by Gasteiger charge is -2.34. The van der Waals surface area contributed by atoms with Crippen LogP contribution in [0.5, 0.6) is 0 Å². The number of nitrogens with zero attached hydrogens (tertiary/aromatic N) is 4. The summed E-state index contributed by atoms with van der Waals surface area (Å²) in [5.74, 6) is -0.0902. The van der Waals surface area contributed by atoms with E-state index in [0.717, 1.165) is 31.4 Å². The minimum atomic E-state index is -0.134.